The second-order valence-electron chi connectivity index (χ2n) is 7.63. The second-order valence-corrected chi connectivity index (χ2v) is 11.3. The summed E-state index contributed by atoms with van der Waals surface area (Å²) in [6, 6.07) is 4.83. The van der Waals surface area contributed by atoms with E-state index in [9.17, 15) is 18.5 Å². The molecule has 1 atom stereocenters. The molecule has 1 rings (SSSR count). The van der Waals surface area contributed by atoms with E-state index in [1.165, 1.54) is 24.3 Å². The van der Waals surface area contributed by atoms with Crippen LogP contribution < -0.4 is 4.13 Å². The summed E-state index contributed by atoms with van der Waals surface area (Å²) in [6.07, 6.45) is 0.822. The van der Waals surface area contributed by atoms with Crippen molar-refractivity contribution in [2.45, 2.75) is 58.4 Å². The number of rotatable bonds is 7. The molecular formula is C16H27N3O4S2. The Kier molecular flexibility index (Phi) is 6.88. The van der Waals surface area contributed by atoms with Crippen molar-refractivity contribution >= 4 is 26.6 Å². The summed E-state index contributed by atoms with van der Waals surface area (Å²) in [5.41, 5.74) is -0.438. The van der Waals surface area contributed by atoms with Crippen molar-refractivity contribution in [2.75, 3.05) is 5.75 Å². The van der Waals surface area contributed by atoms with Crippen LogP contribution >= 0.6 is 0 Å². The highest BCUT2D eigenvalue weighted by Gasteiger charge is 2.26. The number of non-ortho nitro benzene ring substituents is 1. The highest BCUT2D eigenvalue weighted by atomic mass is 32.3. The maximum absolute atomic E-state index is 12.5. The van der Waals surface area contributed by atoms with Crippen LogP contribution in [0.3, 0.4) is 0 Å². The molecule has 0 spiro atoms. The fourth-order valence-corrected chi connectivity index (χ4v) is 6.00. The molecule has 1 N–H and O–H groups in total. The van der Waals surface area contributed by atoms with Gasteiger partial charge < -0.3 is 0 Å². The number of nitro benzene ring substituents is 1. The molecule has 25 heavy (non-hydrogen) atoms. The fourth-order valence-electron chi connectivity index (χ4n) is 2.69. The first-order chi connectivity index (χ1) is 11.3. The molecule has 0 amide bonds. The first-order valence-electron chi connectivity index (χ1n) is 7.96. The summed E-state index contributed by atoms with van der Waals surface area (Å²) in [5.74, 6) is 0.541. The van der Waals surface area contributed by atoms with Gasteiger partial charge in [0.15, 0.2) is 0 Å². The van der Waals surface area contributed by atoms with E-state index in [0.29, 0.717) is 5.75 Å². The minimum Gasteiger partial charge on any atom is -0.258 e. The Hall–Kier alpha value is -1.32. The molecule has 1 unspecified atom stereocenters. The molecule has 0 aliphatic heterocycles. The van der Waals surface area contributed by atoms with Gasteiger partial charge in [0.2, 0.25) is 10.0 Å². The zero-order chi connectivity index (χ0) is 19.5. The quantitative estimate of drug-likeness (QED) is 0.565. The number of nitro groups is 1. The molecule has 9 heteroatoms. The average molecular weight is 390 g/mol. The lowest BCUT2D eigenvalue weighted by Crippen LogP contribution is -2.32. The third-order valence-corrected chi connectivity index (χ3v) is 6.96. The van der Waals surface area contributed by atoms with E-state index in [4.69, 9.17) is 4.36 Å². The summed E-state index contributed by atoms with van der Waals surface area (Å²) >= 11 is 0. The number of sulfonamides is 1. The van der Waals surface area contributed by atoms with E-state index < -0.39 is 25.8 Å². The van der Waals surface area contributed by atoms with E-state index in [1.54, 1.807) is 0 Å². The molecule has 0 aromatic heterocycles. The monoisotopic (exact) mass is 389 g/mol. The van der Waals surface area contributed by atoms with Gasteiger partial charge in [-0.1, -0.05) is 27.7 Å². The van der Waals surface area contributed by atoms with Gasteiger partial charge >= 0.3 is 0 Å². The van der Waals surface area contributed by atoms with Gasteiger partial charge in [-0.05, 0) is 48.7 Å². The highest BCUT2D eigenvalue weighted by molar-refractivity contribution is 8.02. The van der Waals surface area contributed by atoms with Gasteiger partial charge in [0.25, 0.3) is 5.69 Å². The lowest BCUT2D eigenvalue weighted by molar-refractivity contribution is -0.384. The molecule has 0 saturated carbocycles. The van der Waals surface area contributed by atoms with Crippen molar-refractivity contribution in [3.63, 3.8) is 0 Å². The second kappa shape index (κ2) is 7.92. The van der Waals surface area contributed by atoms with E-state index in [2.05, 4.69) is 24.9 Å². The van der Waals surface area contributed by atoms with Crippen molar-refractivity contribution in [3.05, 3.63) is 34.4 Å². The smallest absolute Gasteiger partial charge is 0.258 e. The Morgan fingerprint density at radius 3 is 2.08 bits per heavy atom. The van der Waals surface area contributed by atoms with Gasteiger partial charge in [0.05, 0.1) is 15.4 Å². The molecular weight excluding hydrogens is 362 g/mol. The lowest BCUT2D eigenvalue weighted by atomic mass is 9.82. The van der Waals surface area contributed by atoms with Crippen molar-refractivity contribution in [3.8, 4) is 0 Å². The van der Waals surface area contributed by atoms with Crippen molar-refractivity contribution in [2.24, 2.45) is 9.78 Å². The van der Waals surface area contributed by atoms with E-state index in [-0.39, 0.29) is 21.5 Å². The molecule has 0 aliphatic carbocycles. The average Bonchev–Trinajstić information content (AvgIpc) is 2.43. The van der Waals surface area contributed by atoms with Crippen molar-refractivity contribution in [1.82, 2.24) is 4.13 Å². The normalized spacial score (nSPS) is 14.5. The number of nitrogens with zero attached hydrogens (tertiary/aromatic N) is 2. The third-order valence-electron chi connectivity index (χ3n) is 3.16. The Morgan fingerprint density at radius 2 is 1.68 bits per heavy atom. The van der Waals surface area contributed by atoms with E-state index in [0.717, 1.165) is 6.42 Å². The minimum atomic E-state index is -3.78. The van der Waals surface area contributed by atoms with E-state index >= 15 is 0 Å². The van der Waals surface area contributed by atoms with Crippen LogP contribution in [-0.2, 0) is 20.9 Å². The summed E-state index contributed by atoms with van der Waals surface area (Å²) in [7, 11) is -4.65. The molecule has 0 saturated heterocycles. The van der Waals surface area contributed by atoms with Gasteiger partial charge in [0, 0.05) is 17.9 Å². The molecule has 1 aromatic rings. The molecule has 0 fully saturated rings. The maximum atomic E-state index is 12.5. The topological polar surface area (TPSA) is 102 Å². The van der Waals surface area contributed by atoms with Crippen LogP contribution in [0.15, 0.2) is 33.5 Å². The Labute approximate surface area is 152 Å². The minimum absolute atomic E-state index is 0.00659. The van der Waals surface area contributed by atoms with Gasteiger partial charge in [-0.15, -0.1) is 4.13 Å². The number of hydrogen-bond acceptors (Lipinski definition) is 5. The van der Waals surface area contributed by atoms with Crippen molar-refractivity contribution < 1.29 is 13.3 Å². The Balaban J connectivity index is 3.06. The van der Waals surface area contributed by atoms with Gasteiger partial charge in [-0.2, -0.15) is 0 Å². The van der Waals surface area contributed by atoms with Crippen LogP contribution in [0.4, 0.5) is 5.69 Å². The summed E-state index contributed by atoms with van der Waals surface area (Å²) in [4.78, 5) is 10.1. The molecule has 0 bridgehead atoms. The fraction of sp³-hybridized carbons (Fsp3) is 0.625. The van der Waals surface area contributed by atoms with Crippen LogP contribution in [0.5, 0.6) is 0 Å². The summed E-state index contributed by atoms with van der Waals surface area (Å²) in [6.45, 7) is 12.2. The van der Waals surface area contributed by atoms with Crippen LogP contribution in [0.1, 0.15) is 48.0 Å². The summed E-state index contributed by atoms with van der Waals surface area (Å²) in [5, 5.41) is 10.7. The van der Waals surface area contributed by atoms with Gasteiger partial charge in [0.1, 0.15) is 0 Å². The Bertz CT molecular complexity index is 749. The lowest BCUT2D eigenvalue weighted by Gasteiger charge is -2.29. The van der Waals surface area contributed by atoms with Crippen LogP contribution in [-0.4, -0.2) is 24.6 Å². The van der Waals surface area contributed by atoms with Gasteiger partial charge in [-0.25, -0.2) is 12.8 Å². The zero-order valence-electron chi connectivity index (χ0n) is 15.6. The Morgan fingerprint density at radius 1 is 1.16 bits per heavy atom. The SMILES string of the molecule is CCS(=NC(C)(C)CC(C)(C)C)NS(=O)(=O)c1ccc([N+](=O)[O-])cc1. The zero-order valence-corrected chi connectivity index (χ0v) is 17.2. The summed E-state index contributed by atoms with van der Waals surface area (Å²) < 4.78 is 32.4. The molecule has 142 valence electrons. The molecule has 7 nitrogen and oxygen atoms in total. The predicted molar refractivity (Wildman–Crippen MR) is 102 cm³/mol. The molecule has 0 radical (unpaired) electrons. The largest absolute Gasteiger partial charge is 0.269 e. The molecule has 0 heterocycles. The van der Waals surface area contributed by atoms with Crippen molar-refractivity contribution in [1.29, 1.82) is 0 Å². The standard InChI is InChI=1S/C16H27N3O4S2/c1-7-24(17-16(5,6)12-15(2,3)4)18-25(22,23)14-10-8-13(9-11-14)19(20)21/h8-11H,7,12H2,1-6H3,(H,17,18). The van der Waals surface area contributed by atoms with Crippen LogP contribution in [0.25, 0.3) is 0 Å². The number of hydrogen-bond donors (Lipinski definition) is 1. The van der Waals surface area contributed by atoms with Gasteiger partial charge in [-0.3, -0.25) is 10.1 Å². The predicted octanol–water partition coefficient (Wildman–Crippen LogP) is 3.82. The molecule has 0 aliphatic rings. The maximum Gasteiger partial charge on any atom is 0.269 e. The number of benzene rings is 1. The van der Waals surface area contributed by atoms with Crippen LogP contribution in [0, 0.1) is 15.5 Å². The first kappa shape index (κ1) is 21.7. The highest BCUT2D eigenvalue weighted by Crippen LogP contribution is 2.30. The van der Waals surface area contributed by atoms with Crippen LogP contribution in [0.2, 0.25) is 0 Å². The molecule has 1 aromatic carbocycles. The number of nitrogens with one attached hydrogen (secondary N) is 1. The van der Waals surface area contributed by atoms with E-state index in [1.807, 2.05) is 20.8 Å². The third kappa shape index (κ3) is 7.21. The first-order valence-corrected chi connectivity index (χ1v) is 10.8.